The summed E-state index contributed by atoms with van der Waals surface area (Å²) in [6.07, 6.45) is 0. The molecule has 1 saturated heterocycles. The number of hydrogen-bond acceptors (Lipinski definition) is 6. The van der Waals surface area contributed by atoms with Gasteiger partial charge in [0.25, 0.3) is 5.91 Å². The zero-order chi connectivity index (χ0) is 18.7. The van der Waals surface area contributed by atoms with Crippen molar-refractivity contribution in [3.05, 3.63) is 39.3 Å². The van der Waals surface area contributed by atoms with Crippen molar-refractivity contribution in [3.8, 4) is 0 Å². The van der Waals surface area contributed by atoms with Gasteiger partial charge in [-0.1, -0.05) is 23.2 Å². The molecule has 0 radical (unpaired) electrons. The first kappa shape index (κ1) is 18.9. The number of halogens is 2. The summed E-state index contributed by atoms with van der Waals surface area (Å²) in [4.78, 5) is 31.1. The second-order valence-corrected chi connectivity index (χ2v) is 7.45. The van der Waals surface area contributed by atoms with Crippen molar-refractivity contribution in [1.29, 1.82) is 0 Å². The monoisotopic (exact) mass is 414 g/mol. The van der Waals surface area contributed by atoms with E-state index in [1.54, 1.807) is 28.5 Å². The topological polar surface area (TPSA) is 85.8 Å². The summed E-state index contributed by atoms with van der Waals surface area (Å²) in [7, 11) is 0. The van der Waals surface area contributed by atoms with Gasteiger partial charge >= 0.3 is 5.97 Å². The highest BCUT2D eigenvalue weighted by Gasteiger charge is 2.24. The number of carbonyl (C=O) groups is 2. The Kier molecular flexibility index (Phi) is 5.98. The van der Waals surface area contributed by atoms with Crippen molar-refractivity contribution < 1.29 is 14.7 Å². The minimum Gasteiger partial charge on any atom is -0.480 e. The SMILES string of the molecule is O=C(O)CN1CCN(C(=O)c2csc(Nc3ccc(Cl)cc3Cl)n2)CC1. The van der Waals surface area contributed by atoms with Crippen molar-refractivity contribution in [1.82, 2.24) is 14.8 Å². The molecular formula is C16H16Cl2N4O3S. The number of rotatable bonds is 5. The lowest BCUT2D eigenvalue weighted by Crippen LogP contribution is -2.49. The first-order chi connectivity index (χ1) is 12.4. The lowest BCUT2D eigenvalue weighted by Gasteiger charge is -2.33. The molecule has 0 saturated carbocycles. The number of carbonyl (C=O) groups excluding carboxylic acids is 1. The first-order valence-electron chi connectivity index (χ1n) is 7.83. The molecule has 1 amide bonds. The molecule has 2 heterocycles. The molecule has 0 unspecified atom stereocenters. The summed E-state index contributed by atoms with van der Waals surface area (Å²) in [6, 6.07) is 5.09. The molecule has 1 aromatic heterocycles. The largest absolute Gasteiger partial charge is 0.480 e. The summed E-state index contributed by atoms with van der Waals surface area (Å²) in [5.41, 5.74) is 1.01. The van der Waals surface area contributed by atoms with E-state index in [9.17, 15) is 9.59 Å². The Morgan fingerprint density at radius 2 is 1.96 bits per heavy atom. The summed E-state index contributed by atoms with van der Waals surface area (Å²) < 4.78 is 0. The summed E-state index contributed by atoms with van der Waals surface area (Å²) in [5.74, 6) is -1.02. The molecule has 0 aliphatic carbocycles. The van der Waals surface area contributed by atoms with E-state index in [0.29, 0.717) is 52.7 Å². The molecule has 1 aliphatic heterocycles. The van der Waals surface area contributed by atoms with Crippen molar-refractivity contribution in [3.63, 3.8) is 0 Å². The molecular weight excluding hydrogens is 399 g/mol. The Balaban J connectivity index is 1.61. The molecule has 7 nitrogen and oxygen atoms in total. The second-order valence-electron chi connectivity index (χ2n) is 5.75. The number of nitrogens with zero attached hydrogens (tertiary/aromatic N) is 3. The van der Waals surface area contributed by atoms with Crippen LogP contribution < -0.4 is 5.32 Å². The lowest BCUT2D eigenvalue weighted by molar-refractivity contribution is -0.138. The number of anilines is 2. The molecule has 0 atom stereocenters. The van der Waals surface area contributed by atoms with Crippen LogP contribution in [0.15, 0.2) is 23.6 Å². The number of aliphatic carboxylic acids is 1. The fourth-order valence-corrected chi connectivity index (χ4v) is 3.75. The van der Waals surface area contributed by atoms with Crippen LogP contribution >= 0.6 is 34.5 Å². The van der Waals surface area contributed by atoms with Crippen LogP contribution in [0.5, 0.6) is 0 Å². The van der Waals surface area contributed by atoms with Gasteiger partial charge in [0.15, 0.2) is 5.13 Å². The Morgan fingerprint density at radius 3 is 2.62 bits per heavy atom. The second kappa shape index (κ2) is 8.22. The van der Waals surface area contributed by atoms with E-state index in [-0.39, 0.29) is 12.5 Å². The van der Waals surface area contributed by atoms with Gasteiger partial charge in [0.1, 0.15) is 5.69 Å². The molecule has 1 aromatic carbocycles. The van der Waals surface area contributed by atoms with Crippen LogP contribution in [0.25, 0.3) is 0 Å². The molecule has 2 aromatic rings. The van der Waals surface area contributed by atoms with Crippen LogP contribution in [0.1, 0.15) is 10.5 Å². The first-order valence-corrected chi connectivity index (χ1v) is 9.47. The average molecular weight is 415 g/mol. The minimum atomic E-state index is -0.860. The average Bonchev–Trinajstić information content (AvgIpc) is 3.05. The predicted octanol–water partition coefficient (Wildman–Crippen LogP) is 3.04. The van der Waals surface area contributed by atoms with Crippen LogP contribution in [0.3, 0.4) is 0 Å². The maximum absolute atomic E-state index is 12.6. The summed E-state index contributed by atoms with van der Waals surface area (Å²) >= 11 is 13.3. The van der Waals surface area contributed by atoms with Gasteiger partial charge in [-0.15, -0.1) is 11.3 Å². The smallest absolute Gasteiger partial charge is 0.317 e. The molecule has 1 aliphatic rings. The van der Waals surface area contributed by atoms with E-state index in [2.05, 4.69) is 10.3 Å². The van der Waals surface area contributed by atoms with Crippen LogP contribution in [0.4, 0.5) is 10.8 Å². The number of benzene rings is 1. The Hall–Kier alpha value is -1.87. The van der Waals surface area contributed by atoms with Gasteiger partial charge in [0.2, 0.25) is 0 Å². The molecule has 138 valence electrons. The number of carboxylic acid groups (broad SMARTS) is 1. The highest BCUT2D eigenvalue weighted by molar-refractivity contribution is 7.14. The van der Waals surface area contributed by atoms with E-state index in [1.807, 2.05) is 4.90 Å². The number of aromatic nitrogens is 1. The van der Waals surface area contributed by atoms with Gasteiger partial charge in [0.05, 0.1) is 17.3 Å². The zero-order valence-electron chi connectivity index (χ0n) is 13.6. The standard InChI is InChI=1S/C16H16Cl2N4O3S/c17-10-1-2-12(11(18)7-10)19-16-20-13(9-26-16)15(25)22-5-3-21(4-6-22)8-14(23)24/h1-2,7,9H,3-6,8H2,(H,19,20)(H,23,24). The van der Waals surface area contributed by atoms with Crippen LogP contribution in [0, 0.1) is 0 Å². The van der Waals surface area contributed by atoms with E-state index >= 15 is 0 Å². The fourth-order valence-electron chi connectivity index (χ4n) is 2.60. The van der Waals surface area contributed by atoms with E-state index in [4.69, 9.17) is 28.3 Å². The molecule has 10 heteroatoms. The van der Waals surface area contributed by atoms with Gasteiger partial charge < -0.3 is 15.3 Å². The van der Waals surface area contributed by atoms with Gasteiger partial charge in [-0.2, -0.15) is 0 Å². The zero-order valence-corrected chi connectivity index (χ0v) is 15.9. The Labute approximate surface area is 164 Å². The maximum Gasteiger partial charge on any atom is 0.317 e. The third kappa shape index (κ3) is 4.64. The molecule has 26 heavy (non-hydrogen) atoms. The van der Waals surface area contributed by atoms with E-state index in [1.165, 1.54) is 11.3 Å². The van der Waals surface area contributed by atoms with Crippen molar-refractivity contribution in [2.45, 2.75) is 0 Å². The number of amides is 1. The van der Waals surface area contributed by atoms with Crippen LogP contribution in [0.2, 0.25) is 10.0 Å². The van der Waals surface area contributed by atoms with Crippen molar-refractivity contribution in [2.24, 2.45) is 0 Å². The van der Waals surface area contributed by atoms with Gasteiger partial charge in [-0.25, -0.2) is 4.98 Å². The Bertz CT molecular complexity index is 822. The van der Waals surface area contributed by atoms with E-state index in [0.717, 1.165) is 0 Å². The molecule has 1 fully saturated rings. The predicted molar refractivity (Wildman–Crippen MR) is 102 cm³/mol. The summed E-state index contributed by atoms with van der Waals surface area (Å²) in [5, 5.41) is 15.2. The fraction of sp³-hybridized carbons (Fsp3) is 0.312. The van der Waals surface area contributed by atoms with Crippen molar-refractivity contribution in [2.75, 3.05) is 38.0 Å². The molecule has 0 spiro atoms. The highest BCUT2D eigenvalue weighted by atomic mass is 35.5. The minimum absolute atomic E-state index is 0.00531. The molecule has 0 bridgehead atoms. The normalized spacial score (nSPS) is 15.1. The highest BCUT2D eigenvalue weighted by Crippen LogP contribution is 2.29. The number of hydrogen-bond donors (Lipinski definition) is 2. The van der Waals surface area contributed by atoms with Crippen LogP contribution in [-0.2, 0) is 4.79 Å². The van der Waals surface area contributed by atoms with Crippen LogP contribution in [-0.4, -0.2) is 64.5 Å². The van der Waals surface area contributed by atoms with E-state index < -0.39 is 5.97 Å². The Morgan fingerprint density at radius 1 is 1.23 bits per heavy atom. The van der Waals surface area contributed by atoms with Gasteiger partial charge in [-0.3, -0.25) is 14.5 Å². The quantitative estimate of drug-likeness (QED) is 0.781. The molecule has 3 rings (SSSR count). The lowest BCUT2D eigenvalue weighted by atomic mass is 10.3. The molecule has 2 N–H and O–H groups in total. The summed E-state index contributed by atoms with van der Waals surface area (Å²) in [6.45, 7) is 2.03. The van der Waals surface area contributed by atoms with Gasteiger partial charge in [0, 0.05) is 36.6 Å². The van der Waals surface area contributed by atoms with Gasteiger partial charge in [-0.05, 0) is 18.2 Å². The number of piperazine rings is 1. The maximum atomic E-state index is 12.6. The number of carboxylic acids is 1. The third-order valence-corrected chi connectivity index (χ3v) is 5.22. The third-order valence-electron chi connectivity index (χ3n) is 3.91. The number of nitrogens with one attached hydrogen (secondary N) is 1. The van der Waals surface area contributed by atoms with Crippen molar-refractivity contribution >= 4 is 57.2 Å². The number of thiazole rings is 1.